The summed E-state index contributed by atoms with van der Waals surface area (Å²) < 4.78 is 0. The van der Waals surface area contributed by atoms with Gasteiger partial charge in [-0.25, -0.2) is 4.79 Å². The van der Waals surface area contributed by atoms with Crippen LogP contribution < -0.4 is 38.9 Å². The van der Waals surface area contributed by atoms with Gasteiger partial charge in [-0.05, 0) is 57.5 Å². The van der Waals surface area contributed by atoms with Gasteiger partial charge in [-0.15, -0.1) is 0 Å². The first-order valence-electron chi connectivity index (χ1n) is 12.0. The molecule has 0 spiro atoms. The molecule has 0 aromatic carbocycles. The molecule has 13 heteroatoms. The zero-order chi connectivity index (χ0) is 27.0. The molecule has 0 heterocycles. The Morgan fingerprint density at radius 3 is 1.71 bits per heavy atom. The SMILES string of the molecule is CC(C)CC(NC(=O)C(CCCCN)NC(=O)C(CC(N)=O)NC(=O)C(N)CCCCN)C(=O)O. The lowest BCUT2D eigenvalue weighted by Crippen LogP contribution is -2.57. The van der Waals surface area contributed by atoms with Crippen molar-refractivity contribution in [1.82, 2.24) is 16.0 Å². The van der Waals surface area contributed by atoms with Gasteiger partial charge in [0.25, 0.3) is 0 Å². The fourth-order valence-electron chi connectivity index (χ4n) is 3.33. The van der Waals surface area contributed by atoms with Crippen LogP contribution >= 0.6 is 0 Å². The molecule has 0 aromatic rings. The Morgan fingerprint density at radius 1 is 0.743 bits per heavy atom. The highest BCUT2D eigenvalue weighted by Crippen LogP contribution is 2.08. The Morgan fingerprint density at radius 2 is 1.23 bits per heavy atom. The van der Waals surface area contributed by atoms with Gasteiger partial charge < -0.3 is 44.0 Å². The average Bonchev–Trinajstić information content (AvgIpc) is 2.76. The molecule has 0 rings (SSSR count). The Bertz CT molecular complexity index is 704. The maximum absolute atomic E-state index is 12.9. The highest BCUT2D eigenvalue weighted by Gasteiger charge is 2.31. The molecule has 4 amide bonds. The molecule has 4 unspecified atom stereocenters. The van der Waals surface area contributed by atoms with Gasteiger partial charge in [0.2, 0.25) is 23.6 Å². The standard InChI is InChI=1S/C22H43N7O6/c1-13(2)11-17(22(34)35)29-20(32)15(8-4-6-10-24)27-21(33)16(12-18(26)30)28-19(31)14(25)7-3-5-9-23/h13-17H,3-12,23-25H2,1-2H3,(H2,26,30)(H,27,33)(H,28,31)(H,29,32)(H,34,35). The minimum atomic E-state index is -1.35. The fraction of sp³-hybridized carbons (Fsp3) is 0.773. The summed E-state index contributed by atoms with van der Waals surface area (Å²) in [5.41, 5.74) is 22.0. The number of unbranched alkanes of at least 4 members (excludes halogenated alkanes) is 2. The van der Waals surface area contributed by atoms with Crippen molar-refractivity contribution in [2.75, 3.05) is 13.1 Å². The van der Waals surface area contributed by atoms with E-state index < -0.39 is 60.2 Å². The van der Waals surface area contributed by atoms with Gasteiger partial charge in [0.05, 0.1) is 12.5 Å². The largest absolute Gasteiger partial charge is 0.480 e. The van der Waals surface area contributed by atoms with Gasteiger partial charge in [0.15, 0.2) is 0 Å². The molecule has 0 bridgehead atoms. The topological polar surface area (TPSA) is 246 Å². The van der Waals surface area contributed by atoms with Crippen molar-refractivity contribution in [1.29, 1.82) is 0 Å². The number of nitrogens with two attached hydrogens (primary N) is 4. The highest BCUT2D eigenvalue weighted by atomic mass is 16.4. The van der Waals surface area contributed by atoms with Gasteiger partial charge in [-0.1, -0.05) is 20.3 Å². The summed E-state index contributed by atoms with van der Waals surface area (Å²) in [7, 11) is 0. The number of hydrogen-bond acceptors (Lipinski definition) is 8. The van der Waals surface area contributed by atoms with Crippen LogP contribution in [0.1, 0.15) is 65.2 Å². The summed E-state index contributed by atoms with van der Waals surface area (Å²) in [6.07, 6.45) is 2.57. The summed E-state index contributed by atoms with van der Waals surface area (Å²) >= 11 is 0. The number of carbonyl (C=O) groups excluding carboxylic acids is 4. The van der Waals surface area contributed by atoms with Gasteiger partial charge in [0, 0.05) is 0 Å². The van der Waals surface area contributed by atoms with E-state index in [-0.39, 0.29) is 18.8 Å². The summed E-state index contributed by atoms with van der Waals surface area (Å²) in [5.74, 6) is -4.17. The smallest absolute Gasteiger partial charge is 0.326 e. The van der Waals surface area contributed by atoms with Crippen molar-refractivity contribution < 1.29 is 29.1 Å². The van der Waals surface area contributed by atoms with Gasteiger partial charge in [0.1, 0.15) is 18.1 Å². The number of amides is 4. The number of nitrogens with one attached hydrogen (secondary N) is 3. The molecule has 35 heavy (non-hydrogen) atoms. The van der Waals surface area contributed by atoms with E-state index >= 15 is 0 Å². The van der Waals surface area contributed by atoms with E-state index in [1.54, 1.807) is 0 Å². The Balaban J connectivity index is 5.46. The lowest BCUT2D eigenvalue weighted by molar-refractivity contribution is -0.143. The van der Waals surface area contributed by atoms with Crippen molar-refractivity contribution >= 4 is 29.6 Å². The van der Waals surface area contributed by atoms with Crippen molar-refractivity contribution in [2.24, 2.45) is 28.9 Å². The lowest BCUT2D eigenvalue weighted by Gasteiger charge is -2.25. The van der Waals surface area contributed by atoms with Crippen molar-refractivity contribution in [2.45, 2.75) is 89.4 Å². The third-order valence-electron chi connectivity index (χ3n) is 5.25. The molecule has 12 N–H and O–H groups in total. The van der Waals surface area contributed by atoms with E-state index in [2.05, 4.69) is 16.0 Å². The van der Waals surface area contributed by atoms with E-state index in [1.165, 1.54) is 0 Å². The number of carbonyl (C=O) groups is 5. The van der Waals surface area contributed by atoms with Crippen LogP contribution in [0.15, 0.2) is 0 Å². The van der Waals surface area contributed by atoms with Crippen molar-refractivity contribution in [3.8, 4) is 0 Å². The van der Waals surface area contributed by atoms with Crippen LogP contribution in [-0.4, -0.2) is 72.0 Å². The molecule has 0 fully saturated rings. The third-order valence-corrected chi connectivity index (χ3v) is 5.25. The zero-order valence-corrected chi connectivity index (χ0v) is 20.8. The van der Waals surface area contributed by atoms with Crippen LogP contribution in [-0.2, 0) is 24.0 Å². The summed E-state index contributed by atoms with van der Waals surface area (Å²) in [6, 6.07) is -4.50. The van der Waals surface area contributed by atoms with Crippen LogP contribution in [0.2, 0.25) is 0 Å². The molecule has 0 radical (unpaired) electrons. The summed E-state index contributed by atoms with van der Waals surface area (Å²) in [5, 5.41) is 16.8. The number of primary amides is 1. The normalized spacial score (nSPS) is 14.5. The minimum absolute atomic E-state index is 0.00546. The van der Waals surface area contributed by atoms with Crippen molar-refractivity contribution in [3.05, 3.63) is 0 Å². The van der Waals surface area contributed by atoms with Gasteiger partial charge >= 0.3 is 5.97 Å². The number of rotatable bonds is 19. The molecule has 0 aliphatic carbocycles. The molecule has 13 nitrogen and oxygen atoms in total. The third kappa shape index (κ3) is 14.3. The predicted octanol–water partition coefficient (Wildman–Crippen LogP) is -1.97. The average molecular weight is 502 g/mol. The lowest BCUT2D eigenvalue weighted by atomic mass is 10.0. The molecule has 0 aliphatic heterocycles. The monoisotopic (exact) mass is 501 g/mol. The van der Waals surface area contributed by atoms with Crippen LogP contribution in [0, 0.1) is 5.92 Å². The second-order valence-corrected chi connectivity index (χ2v) is 9.00. The van der Waals surface area contributed by atoms with Crippen LogP contribution in [0.3, 0.4) is 0 Å². The molecule has 4 atom stereocenters. The molecule has 0 saturated carbocycles. The molecule has 0 saturated heterocycles. The highest BCUT2D eigenvalue weighted by molar-refractivity contribution is 5.96. The minimum Gasteiger partial charge on any atom is -0.480 e. The fourth-order valence-corrected chi connectivity index (χ4v) is 3.33. The first-order valence-corrected chi connectivity index (χ1v) is 12.0. The summed E-state index contributed by atoms with van der Waals surface area (Å²) in [6.45, 7) is 4.46. The number of carboxylic acids is 1. The molecule has 0 aliphatic rings. The molecular formula is C22H43N7O6. The Kier molecular flexibility index (Phi) is 16.2. The second kappa shape index (κ2) is 17.6. The van der Waals surface area contributed by atoms with Gasteiger partial charge in [-0.3, -0.25) is 19.2 Å². The van der Waals surface area contributed by atoms with E-state index in [0.29, 0.717) is 45.2 Å². The first-order chi connectivity index (χ1) is 16.4. The quantitative estimate of drug-likeness (QED) is 0.0913. The van der Waals surface area contributed by atoms with E-state index in [4.69, 9.17) is 22.9 Å². The van der Waals surface area contributed by atoms with E-state index in [0.717, 1.165) is 0 Å². The zero-order valence-electron chi connectivity index (χ0n) is 20.8. The molecule has 0 aromatic heterocycles. The Labute approximate surface area is 206 Å². The van der Waals surface area contributed by atoms with E-state index in [1.807, 2.05) is 13.8 Å². The molecule has 202 valence electrons. The second-order valence-electron chi connectivity index (χ2n) is 9.00. The summed E-state index contributed by atoms with van der Waals surface area (Å²) in [4.78, 5) is 61.3. The number of carboxylic acid groups (broad SMARTS) is 1. The predicted molar refractivity (Wildman–Crippen MR) is 130 cm³/mol. The first kappa shape index (κ1) is 32.2. The van der Waals surface area contributed by atoms with E-state index in [9.17, 15) is 29.1 Å². The van der Waals surface area contributed by atoms with Crippen LogP contribution in [0.4, 0.5) is 0 Å². The van der Waals surface area contributed by atoms with Crippen LogP contribution in [0.5, 0.6) is 0 Å². The van der Waals surface area contributed by atoms with Gasteiger partial charge in [-0.2, -0.15) is 0 Å². The maximum atomic E-state index is 12.9. The molecular weight excluding hydrogens is 458 g/mol. The maximum Gasteiger partial charge on any atom is 0.326 e. The Hall–Kier alpha value is -2.77. The number of hydrogen-bond donors (Lipinski definition) is 8. The number of aliphatic carboxylic acids is 1. The van der Waals surface area contributed by atoms with Crippen LogP contribution in [0.25, 0.3) is 0 Å². The van der Waals surface area contributed by atoms with Crippen molar-refractivity contribution in [3.63, 3.8) is 0 Å².